The second-order valence-electron chi connectivity index (χ2n) is 9.92. The number of benzene rings is 1. The first-order chi connectivity index (χ1) is 15.9. The highest BCUT2D eigenvalue weighted by Crippen LogP contribution is 2.39. The molecule has 3 aromatic heterocycles. The standard InChI is InChI=1S/C27H34N6/c1-17(2)26-23-13-21(20-8-10-33(11-9-20)15-25-31-29-16-32(25)5)6-7-24(23)30-27(26)22-12-19(4)28-14-18(22)3/h6-7,12-14,16-17,20,30H,8-11,15H2,1-5H3. The average molecular weight is 443 g/mol. The summed E-state index contributed by atoms with van der Waals surface area (Å²) in [4.78, 5) is 10.7. The second-order valence-corrected chi connectivity index (χ2v) is 9.92. The molecule has 4 aromatic rings. The molecule has 0 saturated carbocycles. The highest BCUT2D eigenvalue weighted by Gasteiger charge is 2.24. The first-order valence-electron chi connectivity index (χ1n) is 12.0. The molecule has 0 spiro atoms. The quantitative estimate of drug-likeness (QED) is 0.445. The van der Waals surface area contributed by atoms with Crippen LogP contribution in [0, 0.1) is 13.8 Å². The molecule has 1 aliphatic heterocycles. The SMILES string of the molecule is Cc1cc(-c2[nH]c3ccc(C4CCN(Cc5nncn5C)CC4)cc3c2C(C)C)c(C)cn1. The van der Waals surface area contributed by atoms with Crippen LogP contribution < -0.4 is 0 Å². The fourth-order valence-electron chi connectivity index (χ4n) is 5.27. The van der Waals surface area contributed by atoms with Crippen LogP contribution in [0.5, 0.6) is 0 Å². The van der Waals surface area contributed by atoms with Crippen molar-refractivity contribution in [2.24, 2.45) is 7.05 Å². The number of aryl methyl sites for hydroxylation is 3. The largest absolute Gasteiger partial charge is 0.354 e. The minimum Gasteiger partial charge on any atom is -0.354 e. The summed E-state index contributed by atoms with van der Waals surface area (Å²) in [6.07, 6.45) is 6.13. The summed E-state index contributed by atoms with van der Waals surface area (Å²) >= 11 is 0. The van der Waals surface area contributed by atoms with Crippen molar-refractivity contribution in [3.05, 3.63) is 65.0 Å². The van der Waals surface area contributed by atoms with E-state index in [2.05, 4.69) is 77.0 Å². The van der Waals surface area contributed by atoms with Gasteiger partial charge in [0.05, 0.1) is 12.2 Å². The van der Waals surface area contributed by atoms with Crippen molar-refractivity contribution >= 4 is 10.9 Å². The monoisotopic (exact) mass is 442 g/mol. The number of piperidine rings is 1. The minimum absolute atomic E-state index is 0.435. The van der Waals surface area contributed by atoms with Gasteiger partial charge in [0.15, 0.2) is 0 Å². The summed E-state index contributed by atoms with van der Waals surface area (Å²) in [5.41, 5.74) is 8.89. The zero-order valence-electron chi connectivity index (χ0n) is 20.4. The van der Waals surface area contributed by atoms with E-state index in [1.165, 1.54) is 51.7 Å². The van der Waals surface area contributed by atoms with Gasteiger partial charge in [-0.2, -0.15) is 0 Å². The molecule has 1 saturated heterocycles. The van der Waals surface area contributed by atoms with Crippen LogP contribution in [0.2, 0.25) is 0 Å². The number of fused-ring (bicyclic) bond motifs is 1. The highest BCUT2D eigenvalue weighted by molar-refractivity contribution is 5.92. The number of hydrogen-bond acceptors (Lipinski definition) is 4. The topological polar surface area (TPSA) is 62.6 Å². The van der Waals surface area contributed by atoms with Gasteiger partial charge in [0.25, 0.3) is 0 Å². The van der Waals surface area contributed by atoms with Crippen LogP contribution in [0.3, 0.4) is 0 Å². The van der Waals surface area contributed by atoms with Gasteiger partial charge in [0, 0.05) is 35.4 Å². The van der Waals surface area contributed by atoms with Crippen molar-refractivity contribution in [2.45, 2.75) is 58.9 Å². The summed E-state index contributed by atoms with van der Waals surface area (Å²) in [5, 5.41) is 9.63. The summed E-state index contributed by atoms with van der Waals surface area (Å²) in [5.74, 6) is 2.08. The predicted molar refractivity (Wildman–Crippen MR) is 133 cm³/mol. The van der Waals surface area contributed by atoms with Gasteiger partial charge in [-0.25, -0.2) is 0 Å². The number of aromatic nitrogens is 5. The Balaban J connectivity index is 1.42. The lowest BCUT2D eigenvalue weighted by atomic mass is 9.87. The molecule has 0 amide bonds. The Morgan fingerprint density at radius 1 is 1.12 bits per heavy atom. The van der Waals surface area contributed by atoms with Crippen molar-refractivity contribution in [3.63, 3.8) is 0 Å². The first-order valence-corrected chi connectivity index (χ1v) is 12.0. The lowest BCUT2D eigenvalue weighted by Crippen LogP contribution is -2.33. The van der Waals surface area contributed by atoms with E-state index in [0.717, 1.165) is 31.2 Å². The summed E-state index contributed by atoms with van der Waals surface area (Å²) in [6.45, 7) is 11.9. The van der Waals surface area contributed by atoms with Crippen LogP contribution in [0.4, 0.5) is 0 Å². The van der Waals surface area contributed by atoms with Gasteiger partial charge in [-0.05, 0) is 86.5 Å². The van der Waals surface area contributed by atoms with E-state index in [-0.39, 0.29) is 0 Å². The zero-order valence-corrected chi connectivity index (χ0v) is 20.4. The normalized spacial score (nSPS) is 15.7. The Morgan fingerprint density at radius 3 is 2.61 bits per heavy atom. The molecule has 0 bridgehead atoms. The maximum atomic E-state index is 4.48. The van der Waals surface area contributed by atoms with E-state index in [1.807, 2.05) is 17.8 Å². The Bertz CT molecular complexity index is 1270. The molecule has 1 aromatic carbocycles. The van der Waals surface area contributed by atoms with Gasteiger partial charge in [0.1, 0.15) is 12.2 Å². The van der Waals surface area contributed by atoms with Gasteiger partial charge >= 0.3 is 0 Å². The Labute approximate surface area is 196 Å². The maximum absolute atomic E-state index is 4.48. The molecule has 6 nitrogen and oxygen atoms in total. The average Bonchev–Trinajstić information content (AvgIpc) is 3.38. The van der Waals surface area contributed by atoms with Crippen molar-refractivity contribution in [1.82, 2.24) is 29.6 Å². The molecule has 6 heteroatoms. The van der Waals surface area contributed by atoms with Crippen molar-refractivity contribution < 1.29 is 0 Å². The van der Waals surface area contributed by atoms with Gasteiger partial charge in [-0.1, -0.05) is 19.9 Å². The summed E-state index contributed by atoms with van der Waals surface area (Å²) in [7, 11) is 2.02. The Hall–Kier alpha value is -2.99. The third kappa shape index (κ3) is 4.20. The number of rotatable bonds is 5. The van der Waals surface area contributed by atoms with E-state index in [0.29, 0.717) is 11.8 Å². The summed E-state index contributed by atoms with van der Waals surface area (Å²) in [6, 6.07) is 9.28. The molecule has 0 radical (unpaired) electrons. The predicted octanol–water partition coefficient (Wildman–Crippen LogP) is 5.48. The van der Waals surface area contributed by atoms with Gasteiger partial charge in [-0.15, -0.1) is 10.2 Å². The highest BCUT2D eigenvalue weighted by atomic mass is 15.3. The van der Waals surface area contributed by atoms with Gasteiger partial charge in [-0.3, -0.25) is 9.88 Å². The molecule has 1 fully saturated rings. The van der Waals surface area contributed by atoms with Crippen molar-refractivity contribution in [3.8, 4) is 11.3 Å². The van der Waals surface area contributed by atoms with Crippen molar-refractivity contribution in [2.75, 3.05) is 13.1 Å². The molecule has 33 heavy (non-hydrogen) atoms. The molecular weight excluding hydrogens is 408 g/mol. The molecule has 1 aliphatic rings. The van der Waals surface area contributed by atoms with E-state index >= 15 is 0 Å². The molecule has 1 N–H and O–H groups in total. The van der Waals surface area contributed by atoms with E-state index in [9.17, 15) is 0 Å². The minimum atomic E-state index is 0.435. The number of pyridine rings is 1. The number of nitrogens with zero attached hydrogens (tertiary/aromatic N) is 5. The van der Waals surface area contributed by atoms with Crippen LogP contribution in [0.15, 0.2) is 36.8 Å². The van der Waals surface area contributed by atoms with E-state index < -0.39 is 0 Å². The molecule has 5 rings (SSSR count). The van der Waals surface area contributed by atoms with Crippen LogP contribution in [0.1, 0.15) is 66.7 Å². The number of hydrogen-bond donors (Lipinski definition) is 1. The maximum Gasteiger partial charge on any atom is 0.146 e. The second kappa shape index (κ2) is 8.75. The molecule has 0 aliphatic carbocycles. The smallest absolute Gasteiger partial charge is 0.146 e. The van der Waals surface area contributed by atoms with E-state index in [1.54, 1.807) is 6.33 Å². The number of H-pyrrole nitrogens is 1. The third-order valence-corrected chi connectivity index (χ3v) is 7.18. The lowest BCUT2D eigenvalue weighted by molar-refractivity contribution is 0.198. The van der Waals surface area contributed by atoms with Gasteiger partial charge in [0.2, 0.25) is 0 Å². The third-order valence-electron chi connectivity index (χ3n) is 7.18. The van der Waals surface area contributed by atoms with Crippen LogP contribution in [-0.4, -0.2) is 42.7 Å². The van der Waals surface area contributed by atoms with E-state index in [4.69, 9.17) is 0 Å². The summed E-state index contributed by atoms with van der Waals surface area (Å²) < 4.78 is 2.02. The number of likely N-dealkylation sites (tertiary alicyclic amines) is 1. The van der Waals surface area contributed by atoms with Crippen LogP contribution in [-0.2, 0) is 13.6 Å². The Kier molecular flexibility index (Phi) is 5.79. The number of nitrogens with one attached hydrogen (secondary N) is 1. The zero-order chi connectivity index (χ0) is 23.1. The number of aromatic amines is 1. The lowest BCUT2D eigenvalue weighted by Gasteiger charge is -2.31. The molecule has 172 valence electrons. The Morgan fingerprint density at radius 2 is 1.91 bits per heavy atom. The first kappa shape index (κ1) is 21.8. The van der Waals surface area contributed by atoms with Crippen LogP contribution >= 0.6 is 0 Å². The fraction of sp³-hybridized carbons (Fsp3) is 0.444. The molecule has 0 atom stereocenters. The fourth-order valence-corrected chi connectivity index (χ4v) is 5.27. The van der Waals surface area contributed by atoms with Gasteiger partial charge < -0.3 is 9.55 Å². The molecule has 0 unspecified atom stereocenters. The van der Waals surface area contributed by atoms with Crippen molar-refractivity contribution in [1.29, 1.82) is 0 Å². The molecule has 4 heterocycles. The van der Waals surface area contributed by atoms with Crippen LogP contribution in [0.25, 0.3) is 22.2 Å². The molecular formula is C27H34N6.